The quantitative estimate of drug-likeness (QED) is 0.833. The van der Waals surface area contributed by atoms with Gasteiger partial charge in [0.15, 0.2) is 0 Å². The molecule has 2 atom stereocenters. The Labute approximate surface area is 117 Å². The maximum atomic E-state index is 11.4. The first-order valence-electron chi connectivity index (χ1n) is 7.79. The molecule has 1 heterocycles. The zero-order valence-electron chi connectivity index (χ0n) is 12.9. The van der Waals surface area contributed by atoms with Gasteiger partial charge in [0.1, 0.15) is 6.04 Å². The highest BCUT2D eigenvalue weighted by atomic mass is 16.4. The lowest BCUT2D eigenvalue weighted by Crippen LogP contribution is -2.47. The van der Waals surface area contributed by atoms with Crippen LogP contribution in [-0.4, -0.2) is 34.6 Å². The summed E-state index contributed by atoms with van der Waals surface area (Å²) in [6, 6.07) is 0.265. The fourth-order valence-electron chi connectivity index (χ4n) is 4.04. The van der Waals surface area contributed by atoms with E-state index >= 15 is 0 Å². The first-order chi connectivity index (χ1) is 8.80. The van der Waals surface area contributed by atoms with Gasteiger partial charge in [-0.3, -0.25) is 9.69 Å². The molecule has 1 aliphatic heterocycles. The standard InChI is InChI=1S/C16H29NO2/c1-11-9-10-17(14(11)15(18)19)13-7-5-12(6-8-13)16(2,3)4/h11-14H,5-10H2,1-4H3,(H,18,19). The van der Waals surface area contributed by atoms with Gasteiger partial charge in [0.25, 0.3) is 0 Å². The SMILES string of the molecule is CC1CCN(C2CCC(C(C)(C)C)CC2)C1C(=O)O. The smallest absolute Gasteiger partial charge is 0.321 e. The molecule has 1 N–H and O–H groups in total. The van der Waals surface area contributed by atoms with Crippen molar-refractivity contribution < 1.29 is 9.90 Å². The number of carbonyl (C=O) groups is 1. The van der Waals surface area contributed by atoms with Crippen LogP contribution in [0.5, 0.6) is 0 Å². The minimum atomic E-state index is -0.622. The van der Waals surface area contributed by atoms with Gasteiger partial charge >= 0.3 is 5.97 Å². The monoisotopic (exact) mass is 267 g/mol. The summed E-state index contributed by atoms with van der Waals surface area (Å²) in [6.07, 6.45) is 5.91. The van der Waals surface area contributed by atoms with Gasteiger partial charge in [0, 0.05) is 6.04 Å². The second kappa shape index (κ2) is 5.43. The van der Waals surface area contributed by atoms with E-state index in [-0.39, 0.29) is 6.04 Å². The Morgan fingerprint density at radius 1 is 1.11 bits per heavy atom. The summed E-state index contributed by atoms with van der Waals surface area (Å²) in [7, 11) is 0. The molecular weight excluding hydrogens is 238 g/mol. The average molecular weight is 267 g/mol. The van der Waals surface area contributed by atoms with Crippen molar-refractivity contribution in [3.63, 3.8) is 0 Å². The first-order valence-corrected chi connectivity index (χ1v) is 7.79. The zero-order chi connectivity index (χ0) is 14.2. The van der Waals surface area contributed by atoms with Gasteiger partial charge in [-0.05, 0) is 55.9 Å². The van der Waals surface area contributed by atoms with Crippen LogP contribution in [0, 0.1) is 17.3 Å². The molecule has 0 aromatic rings. The fourth-order valence-corrected chi connectivity index (χ4v) is 4.04. The van der Waals surface area contributed by atoms with E-state index in [9.17, 15) is 9.90 Å². The van der Waals surface area contributed by atoms with Crippen LogP contribution in [0.25, 0.3) is 0 Å². The molecule has 0 radical (unpaired) electrons. The number of carboxylic acids is 1. The van der Waals surface area contributed by atoms with Gasteiger partial charge in [0.2, 0.25) is 0 Å². The number of nitrogens with zero attached hydrogens (tertiary/aromatic N) is 1. The average Bonchev–Trinajstić information content (AvgIpc) is 2.70. The van der Waals surface area contributed by atoms with Crippen molar-refractivity contribution >= 4 is 5.97 Å². The summed E-state index contributed by atoms with van der Waals surface area (Å²) in [5.41, 5.74) is 0.398. The number of carboxylic acid groups (broad SMARTS) is 1. The highest BCUT2D eigenvalue weighted by molar-refractivity contribution is 5.74. The van der Waals surface area contributed by atoms with Crippen LogP contribution in [0.1, 0.15) is 59.8 Å². The molecule has 2 fully saturated rings. The Bertz CT molecular complexity index is 326. The number of hydrogen-bond donors (Lipinski definition) is 1. The van der Waals surface area contributed by atoms with Crippen molar-refractivity contribution in [2.24, 2.45) is 17.3 Å². The Kier molecular flexibility index (Phi) is 4.24. The van der Waals surface area contributed by atoms with Crippen LogP contribution >= 0.6 is 0 Å². The maximum Gasteiger partial charge on any atom is 0.321 e. The van der Waals surface area contributed by atoms with Crippen LogP contribution in [0.2, 0.25) is 0 Å². The predicted octanol–water partition coefficient (Wildman–Crippen LogP) is 3.39. The summed E-state index contributed by atoms with van der Waals surface area (Å²) in [5.74, 6) is 0.479. The summed E-state index contributed by atoms with van der Waals surface area (Å²) < 4.78 is 0. The number of likely N-dealkylation sites (tertiary alicyclic amines) is 1. The van der Waals surface area contributed by atoms with Crippen LogP contribution in [0.15, 0.2) is 0 Å². The highest BCUT2D eigenvalue weighted by Crippen LogP contribution is 2.40. The molecule has 1 aliphatic carbocycles. The van der Waals surface area contributed by atoms with Gasteiger partial charge in [-0.15, -0.1) is 0 Å². The second-order valence-electron chi connectivity index (χ2n) is 7.66. The lowest BCUT2D eigenvalue weighted by Gasteiger charge is -2.41. The molecule has 19 heavy (non-hydrogen) atoms. The van der Waals surface area contributed by atoms with E-state index in [1.807, 2.05) is 0 Å². The minimum Gasteiger partial charge on any atom is -0.480 e. The Morgan fingerprint density at radius 3 is 2.16 bits per heavy atom. The van der Waals surface area contributed by atoms with Crippen LogP contribution in [0.4, 0.5) is 0 Å². The molecule has 1 saturated heterocycles. The van der Waals surface area contributed by atoms with Crippen molar-refractivity contribution in [1.29, 1.82) is 0 Å². The molecule has 0 amide bonds. The predicted molar refractivity (Wildman–Crippen MR) is 77.1 cm³/mol. The van der Waals surface area contributed by atoms with Crippen molar-refractivity contribution in [3.8, 4) is 0 Å². The first kappa shape index (κ1) is 14.8. The topological polar surface area (TPSA) is 40.5 Å². The molecule has 110 valence electrons. The van der Waals surface area contributed by atoms with Crippen molar-refractivity contribution in [2.45, 2.75) is 71.9 Å². The van der Waals surface area contributed by atoms with E-state index in [0.29, 0.717) is 17.4 Å². The van der Waals surface area contributed by atoms with Gasteiger partial charge in [-0.2, -0.15) is 0 Å². The van der Waals surface area contributed by atoms with Crippen LogP contribution in [-0.2, 0) is 4.79 Å². The number of aliphatic carboxylic acids is 1. The van der Waals surface area contributed by atoms with Crippen LogP contribution < -0.4 is 0 Å². The lowest BCUT2D eigenvalue weighted by molar-refractivity contribution is -0.144. The van der Waals surface area contributed by atoms with E-state index in [2.05, 4.69) is 32.6 Å². The number of hydrogen-bond acceptors (Lipinski definition) is 2. The van der Waals surface area contributed by atoms with E-state index < -0.39 is 5.97 Å². The normalized spacial score (nSPS) is 37.5. The third-order valence-corrected chi connectivity index (χ3v) is 5.38. The second-order valence-corrected chi connectivity index (χ2v) is 7.66. The summed E-state index contributed by atoms with van der Waals surface area (Å²) in [6.45, 7) is 10.0. The van der Waals surface area contributed by atoms with E-state index in [1.165, 1.54) is 25.7 Å². The van der Waals surface area contributed by atoms with E-state index in [0.717, 1.165) is 18.9 Å². The third-order valence-electron chi connectivity index (χ3n) is 5.38. The lowest BCUT2D eigenvalue weighted by atomic mass is 9.71. The Hall–Kier alpha value is -0.570. The van der Waals surface area contributed by atoms with Crippen molar-refractivity contribution in [2.75, 3.05) is 6.54 Å². The molecule has 0 aromatic heterocycles. The fraction of sp³-hybridized carbons (Fsp3) is 0.938. The van der Waals surface area contributed by atoms with Gasteiger partial charge in [0.05, 0.1) is 0 Å². The van der Waals surface area contributed by atoms with E-state index in [1.54, 1.807) is 0 Å². The molecule has 2 rings (SSSR count). The Morgan fingerprint density at radius 2 is 1.68 bits per heavy atom. The molecule has 1 saturated carbocycles. The van der Waals surface area contributed by atoms with E-state index in [4.69, 9.17) is 0 Å². The molecule has 3 nitrogen and oxygen atoms in total. The van der Waals surface area contributed by atoms with Crippen molar-refractivity contribution in [1.82, 2.24) is 4.90 Å². The third kappa shape index (κ3) is 3.13. The molecular formula is C16H29NO2. The summed E-state index contributed by atoms with van der Waals surface area (Å²) in [5, 5.41) is 9.42. The number of rotatable bonds is 2. The van der Waals surface area contributed by atoms with Gasteiger partial charge in [-0.1, -0.05) is 27.7 Å². The van der Waals surface area contributed by atoms with Crippen LogP contribution in [0.3, 0.4) is 0 Å². The van der Waals surface area contributed by atoms with Gasteiger partial charge in [-0.25, -0.2) is 0 Å². The summed E-state index contributed by atoms with van der Waals surface area (Å²) in [4.78, 5) is 13.7. The molecule has 0 spiro atoms. The van der Waals surface area contributed by atoms with Crippen molar-refractivity contribution in [3.05, 3.63) is 0 Å². The minimum absolute atomic E-state index is 0.240. The highest BCUT2D eigenvalue weighted by Gasteiger charge is 2.42. The molecule has 0 bridgehead atoms. The maximum absolute atomic E-state index is 11.4. The molecule has 3 heteroatoms. The largest absolute Gasteiger partial charge is 0.480 e. The van der Waals surface area contributed by atoms with Gasteiger partial charge < -0.3 is 5.11 Å². The Balaban J connectivity index is 1.96. The molecule has 2 unspecified atom stereocenters. The zero-order valence-corrected chi connectivity index (χ0v) is 12.9. The molecule has 0 aromatic carbocycles. The molecule has 2 aliphatic rings. The summed E-state index contributed by atoms with van der Waals surface area (Å²) >= 11 is 0.